The van der Waals surface area contributed by atoms with Crippen LogP contribution in [0.15, 0.2) is 0 Å². The summed E-state index contributed by atoms with van der Waals surface area (Å²) < 4.78 is 45.2. The largest absolute Gasteiger partial charge is 0.459 e. The van der Waals surface area contributed by atoms with E-state index in [9.17, 15) is 27.9 Å². The van der Waals surface area contributed by atoms with Crippen molar-refractivity contribution in [3.63, 3.8) is 0 Å². The van der Waals surface area contributed by atoms with Crippen LogP contribution in [-0.4, -0.2) is 42.0 Å². The Labute approximate surface area is 105 Å². The third-order valence-electron chi connectivity index (χ3n) is 4.23. The van der Waals surface area contributed by atoms with Gasteiger partial charge in [-0.15, -0.1) is 0 Å². The zero-order valence-electron chi connectivity index (χ0n) is 9.59. The van der Waals surface area contributed by atoms with Gasteiger partial charge in [0.2, 0.25) is 0 Å². The predicted molar refractivity (Wildman–Crippen MR) is 51.5 cm³/mol. The number of carbonyl (C=O) groups excluding carboxylic acids is 2. The van der Waals surface area contributed by atoms with Gasteiger partial charge >= 0.3 is 18.1 Å². The zero-order chi connectivity index (χ0) is 13.9. The van der Waals surface area contributed by atoms with Crippen molar-refractivity contribution in [1.82, 2.24) is 0 Å². The van der Waals surface area contributed by atoms with E-state index in [0.717, 1.165) is 0 Å². The lowest BCUT2D eigenvalue weighted by molar-refractivity contribution is -0.192. The molecule has 0 amide bonds. The van der Waals surface area contributed by atoms with Crippen molar-refractivity contribution in [3.8, 4) is 0 Å². The number of carbonyl (C=O) groups is 2. The summed E-state index contributed by atoms with van der Waals surface area (Å²) in [5, 5.41) is 9.86. The highest BCUT2D eigenvalue weighted by Crippen LogP contribution is 2.58. The molecular weight excluding hydrogens is 269 g/mol. The van der Waals surface area contributed by atoms with E-state index in [1.807, 2.05) is 0 Å². The third kappa shape index (κ3) is 1.80. The van der Waals surface area contributed by atoms with Crippen LogP contribution in [0, 0.1) is 23.7 Å². The van der Waals surface area contributed by atoms with Crippen molar-refractivity contribution < 1.29 is 37.3 Å². The molecule has 0 aromatic carbocycles. The average molecular weight is 280 g/mol. The number of rotatable bonds is 2. The summed E-state index contributed by atoms with van der Waals surface area (Å²) in [7, 11) is 0. The van der Waals surface area contributed by atoms with Gasteiger partial charge in [-0.05, 0) is 6.42 Å². The first-order valence-electron chi connectivity index (χ1n) is 5.91. The summed E-state index contributed by atoms with van der Waals surface area (Å²) in [6, 6.07) is 0. The first-order chi connectivity index (χ1) is 8.79. The number of hydrogen-bond donors (Lipinski definition) is 1. The van der Waals surface area contributed by atoms with Crippen molar-refractivity contribution in [2.24, 2.45) is 23.7 Å². The Kier molecular flexibility index (Phi) is 2.57. The molecule has 1 aliphatic heterocycles. The average Bonchev–Trinajstić information content (AvgIpc) is 2.89. The van der Waals surface area contributed by atoms with Crippen molar-refractivity contribution in [2.45, 2.75) is 24.8 Å². The first-order valence-corrected chi connectivity index (χ1v) is 5.91. The molecule has 0 radical (unpaired) electrons. The lowest BCUT2D eigenvalue weighted by Gasteiger charge is -2.27. The van der Waals surface area contributed by atoms with Gasteiger partial charge in [0, 0.05) is 11.8 Å². The van der Waals surface area contributed by atoms with E-state index in [2.05, 4.69) is 4.74 Å². The Morgan fingerprint density at radius 2 is 2.11 bits per heavy atom. The smallest absolute Gasteiger partial charge is 0.422 e. The third-order valence-corrected chi connectivity index (χ3v) is 4.23. The Hall–Kier alpha value is -1.31. The summed E-state index contributed by atoms with van der Waals surface area (Å²) in [5.41, 5.74) is 0. The minimum absolute atomic E-state index is 0.282. The number of halogens is 3. The second-order valence-corrected chi connectivity index (χ2v) is 5.23. The summed E-state index contributed by atoms with van der Waals surface area (Å²) in [5.74, 6) is -4.31. The molecule has 5 nitrogen and oxygen atoms in total. The fraction of sp³-hybridized carbons (Fsp3) is 0.818. The maximum atomic E-state index is 12.0. The molecule has 3 aliphatic rings. The van der Waals surface area contributed by atoms with E-state index in [1.54, 1.807) is 0 Å². The van der Waals surface area contributed by atoms with Crippen molar-refractivity contribution >= 4 is 11.9 Å². The quantitative estimate of drug-likeness (QED) is 0.735. The molecule has 6 atom stereocenters. The number of aliphatic hydroxyl groups excluding tert-OH is 1. The minimum atomic E-state index is -4.61. The molecule has 0 aromatic heterocycles. The molecule has 3 fully saturated rings. The molecule has 2 aliphatic carbocycles. The van der Waals surface area contributed by atoms with Crippen LogP contribution in [0.1, 0.15) is 6.42 Å². The van der Waals surface area contributed by atoms with Crippen LogP contribution in [-0.2, 0) is 19.1 Å². The van der Waals surface area contributed by atoms with E-state index in [1.165, 1.54) is 0 Å². The molecule has 8 heteroatoms. The molecule has 19 heavy (non-hydrogen) atoms. The number of fused-ring (bicyclic) bond motifs is 1. The fourth-order valence-electron chi connectivity index (χ4n) is 3.59. The Balaban J connectivity index is 1.75. The molecule has 1 N–H and O–H groups in total. The van der Waals surface area contributed by atoms with Gasteiger partial charge in [0.25, 0.3) is 0 Å². The zero-order valence-corrected chi connectivity index (χ0v) is 9.59. The molecule has 106 valence electrons. The van der Waals surface area contributed by atoms with Crippen molar-refractivity contribution in [1.29, 1.82) is 0 Å². The van der Waals surface area contributed by atoms with Gasteiger partial charge in [-0.2, -0.15) is 13.2 Å². The monoisotopic (exact) mass is 280 g/mol. The minimum Gasteiger partial charge on any atom is -0.459 e. The van der Waals surface area contributed by atoms with Gasteiger partial charge in [-0.25, -0.2) is 0 Å². The standard InChI is InChI=1S/C11H11F3O5/c12-11(13,14)2-18-9(16)5-3-1-4-6(5)10(17)19-8(4)7(3)15/h3-8,15H,1-2H2. The van der Waals surface area contributed by atoms with Gasteiger partial charge in [0.05, 0.1) is 17.9 Å². The second-order valence-electron chi connectivity index (χ2n) is 5.23. The molecular formula is C11H11F3O5. The number of hydrogen-bond acceptors (Lipinski definition) is 5. The molecule has 6 unspecified atom stereocenters. The molecule has 0 aromatic rings. The number of alkyl halides is 3. The van der Waals surface area contributed by atoms with Crippen LogP contribution >= 0.6 is 0 Å². The first kappa shape index (κ1) is 12.7. The molecule has 1 saturated heterocycles. The van der Waals surface area contributed by atoms with Crippen LogP contribution in [0.5, 0.6) is 0 Å². The van der Waals surface area contributed by atoms with Gasteiger partial charge < -0.3 is 14.6 Å². The van der Waals surface area contributed by atoms with Gasteiger partial charge in [-0.3, -0.25) is 9.59 Å². The van der Waals surface area contributed by atoms with Gasteiger partial charge in [0.15, 0.2) is 6.61 Å². The highest BCUT2D eigenvalue weighted by atomic mass is 19.4. The molecule has 3 rings (SSSR count). The summed E-state index contributed by atoms with van der Waals surface area (Å²) in [4.78, 5) is 23.3. The van der Waals surface area contributed by atoms with Gasteiger partial charge in [-0.1, -0.05) is 0 Å². The second kappa shape index (κ2) is 3.84. The molecule has 0 spiro atoms. The lowest BCUT2D eigenvalue weighted by Crippen LogP contribution is -2.42. The van der Waals surface area contributed by atoms with E-state index in [4.69, 9.17) is 4.74 Å². The maximum absolute atomic E-state index is 12.0. The molecule has 1 heterocycles. The number of esters is 2. The SMILES string of the molecule is O=C(OCC(F)(F)F)C1C2CC3C(OC(=O)C31)C2O. The fourth-order valence-corrected chi connectivity index (χ4v) is 3.59. The topological polar surface area (TPSA) is 72.8 Å². The Bertz CT molecular complexity index is 435. The van der Waals surface area contributed by atoms with E-state index in [-0.39, 0.29) is 5.92 Å². The molecule has 2 bridgehead atoms. The Morgan fingerprint density at radius 3 is 2.74 bits per heavy atom. The van der Waals surface area contributed by atoms with E-state index < -0.39 is 54.7 Å². The van der Waals surface area contributed by atoms with Crippen LogP contribution in [0.2, 0.25) is 0 Å². The van der Waals surface area contributed by atoms with E-state index >= 15 is 0 Å². The van der Waals surface area contributed by atoms with Crippen molar-refractivity contribution in [3.05, 3.63) is 0 Å². The van der Waals surface area contributed by atoms with Crippen LogP contribution in [0.4, 0.5) is 13.2 Å². The summed E-state index contributed by atoms with van der Waals surface area (Å²) in [6.07, 6.45) is -5.80. The number of aliphatic hydroxyl groups is 1. The number of ether oxygens (including phenoxy) is 2. The van der Waals surface area contributed by atoms with Crippen LogP contribution < -0.4 is 0 Å². The van der Waals surface area contributed by atoms with E-state index in [0.29, 0.717) is 6.42 Å². The molecule has 2 saturated carbocycles. The van der Waals surface area contributed by atoms with Crippen LogP contribution in [0.25, 0.3) is 0 Å². The Morgan fingerprint density at radius 1 is 1.42 bits per heavy atom. The van der Waals surface area contributed by atoms with Crippen LogP contribution in [0.3, 0.4) is 0 Å². The summed E-state index contributed by atoms with van der Waals surface area (Å²) >= 11 is 0. The van der Waals surface area contributed by atoms with Gasteiger partial charge in [0.1, 0.15) is 6.10 Å². The lowest BCUT2D eigenvalue weighted by atomic mass is 9.78. The van der Waals surface area contributed by atoms with Crippen molar-refractivity contribution in [2.75, 3.05) is 6.61 Å². The summed E-state index contributed by atoms with van der Waals surface area (Å²) in [6.45, 7) is -1.68. The normalized spacial score (nSPS) is 43.5. The maximum Gasteiger partial charge on any atom is 0.422 e. The highest BCUT2D eigenvalue weighted by Gasteiger charge is 2.68. The predicted octanol–water partition coefficient (Wildman–Crippen LogP) is 0.260. The highest BCUT2D eigenvalue weighted by molar-refractivity contribution is 5.86.